The molecule has 0 spiro atoms. The van der Waals surface area contributed by atoms with Gasteiger partial charge >= 0.3 is 0 Å². The van der Waals surface area contributed by atoms with Gasteiger partial charge in [-0.15, -0.1) is 10.2 Å². The zero-order valence-electron chi connectivity index (χ0n) is 17.5. The Morgan fingerprint density at radius 2 is 2.03 bits per heavy atom. The molecule has 2 N–H and O–H groups in total. The lowest BCUT2D eigenvalue weighted by atomic mass is 9.75. The van der Waals surface area contributed by atoms with Crippen LogP contribution in [0.2, 0.25) is 0 Å². The van der Waals surface area contributed by atoms with Crippen LogP contribution in [0.25, 0.3) is 10.8 Å². The molecule has 0 saturated carbocycles. The molecule has 0 amide bonds. The summed E-state index contributed by atoms with van der Waals surface area (Å²) in [6.45, 7) is 2.06. The summed E-state index contributed by atoms with van der Waals surface area (Å²) in [4.78, 5) is 15.0. The van der Waals surface area contributed by atoms with Gasteiger partial charge in [-0.05, 0) is 34.9 Å². The molecule has 0 bridgehead atoms. The number of allylic oxidation sites excluding steroid dienone is 3. The van der Waals surface area contributed by atoms with Crippen molar-refractivity contribution in [2.75, 3.05) is 10.7 Å². The number of aromatic nitrogens is 2. The second kappa shape index (κ2) is 8.41. The summed E-state index contributed by atoms with van der Waals surface area (Å²) >= 11 is 3.04. The number of hydrogen-bond acceptors (Lipinski definition) is 8. The molecular weight excluding hydrogens is 438 g/mol. The fourth-order valence-corrected chi connectivity index (χ4v) is 6.28. The van der Waals surface area contributed by atoms with E-state index >= 15 is 0 Å². The molecule has 2 aliphatic rings. The van der Waals surface area contributed by atoms with Gasteiger partial charge in [-0.1, -0.05) is 72.5 Å². The summed E-state index contributed by atoms with van der Waals surface area (Å²) in [5.74, 6) is 0.826. The summed E-state index contributed by atoms with van der Waals surface area (Å²) < 4.78 is 0.842. The molecule has 0 saturated heterocycles. The van der Waals surface area contributed by atoms with E-state index in [-0.39, 0.29) is 5.78 Å². The first-order chi connectivity index (χ1) is 15.6. The number of nitrogens with two attached hydrogens (primary N) is 1. The summed E-state index contributed by atoms with van der Waals surface area (Å²) in [6, 6.07) is 16.5. The number of nitriles is 1. The molecule has 5 rings (SSSR count). The molecule has 6 nitrogen and oxygen atoms in total. The highest BCUT2D eigenvalue weighted by Gasteiger charge is 2.41. The van der Waals surface area contributed by atoms with Crippen molar-refractivity contribution in [1.29, 1.82) is 5.26 Å². The molecule has 1 aromatic heterocycles. The van der Waals surface area contributed by atoms with E-state index in [4.69, 9.17) is 5.73 Å². The van der Waals surface area contributed by atoms with Gasteiger partial charge < -0.3 is 5.73 Å². The normalized spacial score (nSPS) is 18.8. The number of carbonyl (C=O) groups is 1. The Kier molecular flexibility index (Phi) is 5.45. The highest BCUT2D eigenvalue weighted by atomic mass is 32.2. The van der Waals surface area contributed by atoms with Crippen LogP contribution in [0, 0.1) is 11.3 Å². The van der Waals surface area contributed by atoms with E-state index in [2.05, 4.69) is 35.3 Å². The number of ketones is 1. The summed E-state index contributed by atoms with van der Waals surface area (Å²) in [5, 5.41) is 21.5. The minimum absolute atomic E-state index is 0.0716. The summed E-state index contributed by atoms with van der Waals surface area (Å²) in [5.41, 5.74) is 9.41. The minimum Gasteiger partial charge on any atom is -0.384 e. The van der Waals surface area contributed by atoms with Crippen LogP contribution in [0.1, 0.15) is 37.7 Å². The predicted octanol–water partition coefficient (Wildman–Crippen LogP) is 5.11. The van der Waals surface area contributed by atoms with Crippen LogP contribution in [0.4, 0.5) is 5.13 Å². The van der Waals surface area contributed by atoms with E-state index in [9.17, 15) is 10.1 Å². The van der Waals surface area contributed by atoms with Crippen LogP contribution in [0.3, 0.4) is 0 Å². The highest BCUT2D eigenvalue weighted by Crippen LogP contribution is 2.47. The Hall–Kier alpha value is -3.15. The molecule has 1 aliphatic carbocycles. The van der Waals surface area contributed by atoms with Crippen LogP contribution >= 0.6 is 23.1 Å². The number of benzene rings is 2. The number of fused-ring (bicyclic) bond motifs is 1. The van der Waals surface area contributed by atoms with Crippen molar-refractivity contribution in [1.82, 2.24) is 10.2 Å². The van der Waals surface area contributed by atoms with Crippen LogP contribution in [0.15, 0.2) is 69.5 Å². The standard InChI is InChI=1S/C24H21N5OS2/c1-2-31-24-28-27-23(32-24)29-18-8-5-9-19(30)21(18)20(17(13-25)22(29)26)16-11-10-14-6-3-4-7-15(14)12-16/h3-4,6-7,10-12,20H,2,5,8-9,26H2,1H3. The Balaban J connectivity index is 1.70. The van der Waals surface area contributed by atoms with E-state index < -0.39 is 5.92 Å². The third-order valence-corrected chi connectivity index (χ3v) is 7.80. The molecule has 1 aliphatic heterocycles. The number of rotatable bonds is 4. The Bertz CT molecular complexity index is 1330. The number of anilines is 1. The number of hydrogen-bond donors (Lipinski definition) is 1. The fraction of sp³-hybridized carbons (Fsp3) is 0.250. The predicted molar refractivity (Wildman–Crippen MR) is 128 cm³/mol. The topological polar surface area (TPSA) is 95.9 Å². The summed E-state index contributed by atoms with van der Waals surface area (Å²) in [6.07, 6.45) is 1.94. The lowest BCUT2D eigenvalue weighted by Crippen LogP contribution is -2.38. The van der Waals surface area contributed by atoms with Crippen molar-refractivity contribution in [2.24, 2.45) is 5.73 Å². The fourth-order valence-electron chi connectivity index (χ4n) is 4.50. The van der Waals surface area contributed by atoms with Crippen molar-refractivity contribution in [3.05, 3.63) is 70.7 Å². The van der Waals surface area contributed by atoms with E-state index in [0.717, 1.165) is 38.5 Å². The Labute approximate surface area is 194 Å². The maximum absolute atomic E-state index is 13.2. The number of nitrogens with zero attached hydrogens (tertiary/aromatic N) is 4. The van der Waals surface area contributed by atoms with Gasteiger partial charge in [0.2, 0.25) is 5.13 Å². The summed E-state index contributed by atoms with van der Waals surface area (Å²) in [7, 11) is 0. The smallest absolute Gasteiger partial charge is 0.219 e. The van der Waals surface area contributed by atoms with Gasteiger partial charge in [0.15, 0.2) is 10.1 Å². The molecule has 160 valence electrons. The van der Waals surface area contributed by atoms with Crippen LogP contribution < -0.4 is 10.6 Å². The van der Waals surface area contributed by atoms with Gasteiger partial charge in [0.05, 0.1) is 17.6 Å². The molecule has 1 atom stereocenters. The highest BCUT2D eigenvalue weighted by molar-refractivity contribution is 8.01. The van der Waals surface area contributed by atoms with Gasteiger partial charge in [0, 0.05) is 17.7 Å². The molecule has 2 heterocycles. The SMILES string of the molecule is CCSc1nnc(N2C(N)=C(C#N)C(c3ccc4ccccc4c3)C3=C2CCCC3=O)s1. The lowest BCUT2D eigenvalue weighted by molar-refractivity contribution is -0.116. The lowest BCUT2D eigenvalue weighted by Gasteiger charge is -2.38. The first-order valence-electron chi connectivity index (χ1n) is 10.5. The number of carbonyl (C=O) groups excluding carboxylic acids is 1. The average molecular weight is 460 g/mol. The van der Waals surface area contributed by atoms with Crippen molar-refractivity contribution in [2.45, 2.75) is 36.4 Å². The third-order valence-electron chi connectivity index (χ3n) is 5.88. The largest absolute Gasteiger partial charge is 0.384 e. The molecule has 1 unspecified atom stereocenters. The van der Waals surface area contributed by atoms with Gasteiger partial charge in [-0.3, -0.25) is 9.69 Å². The second-order valence-electron chi connectivity index (χ2n) is 7.71. The van der Waals surface area contributed by atoms with E-state index in [1.165, 1.54) is 11.3 Å². The number of Topliss-reactive ketones (excluding diaryl/α,β-unsaturated/α-hetero) is 1. The van der Waals surface area contributed by atoms with Crippen molar-refractivity contribution in [3.8, 4) is 6.07 Å². The maximum atomic E-state index is 13.2. The van der Waals surface area contributed by atoms with Crippen molar-refractivity contribution < 1.29 is 4.79 Å². The zero-order valence-corrected chi connectivity index (χ0v) is 19.2. The Morgan fingerprint density at radius 1 is 1.22 bits per heavy atom. The van der Waals surface area contributed by atoms with Crippen LogP contribution in [-0.4, -0.2) is 21.7 Å². The van der Waals surface area contributed by atoms with Gasteiger partial charge in [-0.25, -0.2) is 0 Å². The molecular formula is C24H21N5OS2. The second-order valence-corrected chi connectivity index (χ2v) is 10.2. The monoisotopic (exact) mass is 459 g/mol. The molecule has 0 fully saturated rings. The molecule has 3 aromatic rings. The minimum atomic E-state index is -0.471. The van der Waals surface area contributed by atoms with E-state index in [1.807, 2.05) is 30.3 Å². The maximum Gasteiger partial charge on any atom is 0.219 e. The van der Waals surface area contributed by atoms with Crippen LogP contribution in [-0.2, 0) is 4.79 Å². The van der Waals surface area contributed by atoms with Gasteiger partial charge in [0.25, 0.3) is 0 Å². The molecule has 0 radical (unpaired) electrons. The van der Waals surface area contributed by atoms with Crippen molar-refractivity contribution >= 4 is 44.8 Å². The quantitative estimate of drug-likeness (QED) is 0.542. The molecule has 32 heavy (non-hydrogen) atoms. The number of thioether (sulfide) groups is 1. The average Bonchev–Trinajstić information content (AvgIpc) is 3.26. The van der Waals surface area contributed by atoms with E-state index in [0.29, 0.717) is 34.9 Å². The van der Waals surface area contributed by atoms with Crippen LogP contribution in [0.5, 0.6) is 0 Å². The third kappa shape index (κ3) is 3.38. The molecule has 2 aromatic carbocycles. The van der Waals surface area contributed by atoms with Crippen molar-refractivity contribution in [3.63, 3.8) is 0 Å². The zero-order chi connectivity index (χ0) is 22.2. The van der Waals surface area contributed by atoms with E-state index in [1.54, 1.807) is 16.7 Å². The first-order valence-corrected chi connectivity index (χ1v) is 12.3. The van der Waals surface area contributed by atoms with Gasteiger partial charge in [-0.2, -0.15) is 5.26 Å². The molecule has 8 heteroatoms. The van der Waals surface area contributed by atoms with Gasteiger partial charge in [0.1, 0.15) is 5.82 Å². The first kappa shape index (κ1) is 20.7. The Morgan fingerprint density at radius 3 is 2.81 bits per heavy atom.